The van der Waals surface area contributed by atoms with Crippen molar-refractivity contribution in [2.75, 3.05) is 6.54 Å². The Labute approximate surface area is 242 Å². The number of hydrogen-bond donors (Lipinski definition) is 1. The molecule has 3 saturated carbocycles. The number of amides is 1. The molecule has 5 heteroatoms. The zero-order valence-corrected chi connectivity index (χ0v) is 26.7. The Morgan fingerprint density at radius 2 is 1.62 bits per heavy atom. The summed E-state index contributed by atoms with van der Waals surface area (Å²) in [5, 5.41) is 13.0. The standard InChI is InChI=1S/C33H46N2O3.C2H6/c1-9-35-27(38)33-14-12-28(2,3)18-21(33)25-22(36)16-24-30(6)17-20(19-34)26(37)29(4,5)23(30)10-11-31(24,7)32(25,8)13-15-33;1-2/h16-17,21,23,25H,9-15,18H2,1-8H3,(H,35,38);1-2H3/t21?,23?,25?,30-,31+,32+,33-;/m0./s1. The van der Waals surface area contributed by atoms with E-state index in [1.165, 1.54) is 0 Å². The highest BCUT2D eigenvalue weighted by molar-refractivity contribution is 6.04. The van der Waals surface area contributed by atoms with Gasteiger partial charge in [0.2, 0.25) is 5.91 Å². The molecule has 0 radical (unpaired) electrons. The summed E-state index contributed by atoms with van der Waals surface area (Å²) in [6.45, 7) is 21.9. The maximum atomic E-state index is 14.5. The first-order valence-electron chi connectivity index (χ1n) is 15.8. The van der Waals surface area contributed by atoms with E-state index in [0.717, 1.165) is 50.5 Å². The van der Waals surface area contributed by atoms with Crippen LogP contribution in [0.15, 0.2) is 23.3 Å². The molecule has 40 heavy (non-hydrogen) atoms. The van der Waals surface area contributed by atoms with Gasteiger partial charge in [0.05, 0.1) is 11.0 Å². The number of fused-ring (bicyclic) bond motifs is 7. The third-order valence-corrected chi connectivity index (χ3v) is 12.6. The molecule has 1 N–H and O–H groups in total. The summed E-state index contributed by atoms with van der Waals surface area (Å²) in [5.74, 6) is 0.0635. The Morgan fingerprint density at radius 1 is 1.00 bits per heavy atom. The summed E-state index contributed by atoms with van der Waals surface area (Å²) in [6.07, 6.45) is 9.99. The van der Waals surface area contributed by atoms with Gasteiger partial charge in [-0.25, -0.2) is 0 Å². The normalized spacial score (nSPS) is 42.7. The van der Waals surface area contributed by atoms with E-state index in [2.05, 4.69) is 46.0 Å². The number of allylic oxidation sites excluding steroid dienone is 4. The van der Waals surface area contributed by atoms with Crippen molar-refractivity contribution < 1.29 is 14.4 Å². The largest absolute Gasteiger partial charge is 0.356 e. The van der Waals surface area contributed by atoms with Crippen molar-refractivity contribution in [1.82, 2.24) is 5.32 Å². The Hall–Kier alpha value is -2.22. The van der Waals surface area contributed by atoms with Gasteiger partial charge in [0.15, 0.2) is 11.6 Å². The minimum Gasteiger partial charge on any atom is -0.356 e. The highest BCUT2D eigenvalue weighted by Gasteiger charge is 2.70. The van der Waals surface area contributed by atoms with Crippen molar-refractivity contribution in [3.05, 3.63) is 23.3 Å². The first-order valence-corrected chi connectivity index (χ1v) is 15.8. The van der Waals surface area contributed by atoms with E-state index in [-0.39, 0.29) is 57.0 Å². The lowest BCUT2D eigenvalue weighted by Gasteiger charge is -2.69. The van der Waals surface area contributed by atoms with E-state index in [4.69, 9.17) is 0 Å². The smallest absolute Gasteiger partial charge is 0.226 e. The first kappa shape index (κ1) is 30.7. The Morgan fingerprint density at radius 3 is 2.23 bits per heavy atom. The predicted molar refractivity (Wildman–Crippen MR) is 159 cm³/mol. The van der Waals surface area contributed by atoms with Crippen molar-refractivity contribution in [2.24, 2.45) is 50.2 Å². The molecule has 220 valence electrons. The van der Waals surface area contributed by atoms with Crippen molar-refractivity contribution in [2.45, 2.75) is 114 Å². The Balaban J connectivity index is 0.00000181. The third-order valence-electron chi connectivity index (χ3n) is 12.6. The van der Waals surface area contributed by atoms with Crippen molar-refractivity contribution in [1.29, 1.82) is 5.26 Å². The molecule has 5 nitrogen and oxygen atoms in total. The number of nitrogens with zero attached hydrogens (tertiary/aromatic N) is 1. The third kappa shape index (κ3) is 3.87. The maximum absolute atomic E-state index is 14.5. The van der Waals surface area contributed by atoms with Crippen LogP contribution in [0.3, 0.4) is 0 Å². The minimum atomic E-state index is -0.662. The Bertz CT molecular complexity index is 1220. The Kier molecular flexibility index (Phi) is 7.43. The van der Waals surface area contributed by atoms with Gasteiger partial charge in [-0.2, -0.15) is 5.26 Å². The van der Waals surface area contributed by atoms with Crippen LogP contribution in [-0.2, 0) is 14.4 Å². The maximum Gasteiger partial charge on any atom is 0.226 e. The second-order valence-corrected chi connectivity index (χ2v) is 15.3. The molecule has 0 aromatic heterocycles. The van der Waals surface area contributed by atoms with Gasteiger partial charge < -0.3 is 5.32 Å². The lowest BCUT2D eigenvalue weighted by molar-refractivity contribution is -0.178. The van der Waals surface area contributed by atoms with Crippen LogP contribution in [0, 0.1) is 61.6 Å². The number of carbonyl (C=O) groups is 3. The van der Waals surface area contributed by atoms with Crippen molar-refractivity contribution in [3.63, 3.8) is 0 Å². The SMILES string of the molecule is CC.CCNC(=O)[C@]12CCC(C)(C)CC1C1C(=O)C=C3[C@@]4(C)C=C(C#N)C(=O)C(C)(C)C4CC[C@@]3(C)[C@]1(C)CC2. The van der Waals surface area contributed by atoms with E-state index >= 15 is 0 Å². The summed E-state index contributed by atoms with van der Waals surface area (Å²) in [4.78, 5) is 41.4. The summed E-state index contributed by atoms with van der Waals surface area (Å²) >= 11 is 0. The molecule has 7 atom stereocenters. The van der Waals surface area contributed by atoms with Gasteiger partial charge in [0.25, 0.3) is 0 Å². The number of rotatable bonds is 2. The van der Waals surface area contributed by atoms with Gasteiger partial charge in [0, 0.05) is 23.3 Å². The minimum absolute atomic E-state index is 0.0128. The zero-order chi connectivity index (χ0) is 30.1. The van der Waals surface area contributed by atoms with Gasteiger partial charge in [-0.15, -0.1) is 0 Å². The lowest BCUT2D eigenvalue weighted by Crippen LogP contribution is -2.66. The quantitative estimate of drug-likeness (QED) is 0.390. The molecule has 0 spiro atoms. The van der Waals surface area contributed by atoms with Gasteiger partial charge in [-0.3, -0.25) is 14.4 Å². The molecule has 1 amide bonds. The monoisotopic (exact) mass is 548 g/mol. The van der Waals surface area contributed by atoms with Crippen LogP contribution in [0.4, 0.5) is 0 Å². The van der Waals surface area contributed by atoms with Gasteiger partial charge in [-0.05, 0) is 86.0 Å². The van der Waals surface area contributed by atoms with Gasteiger partial charge in [0.1, 0.15) is 6.07 Å². The van der Waals surface area contributed by atoms with E-state index in [9.17, 15) is 19.6 Å². The molecule has 0 aromatic carbocycles. The van der Waals surface area contributed by atoms with Gasteiger partial charge in [-0.1, -0.05) is 74.0 Å². The van der Waals surface area contributed by atoms with E-state index in [1.807, 2.05) is 46.8 Å². The molecule has 0 aromatic rings. The molecule has 3 fully saturated rings. The molecule has 5 rings (SSSR count). The molecule has 0 heterocycles. The van der Waals surface area contributed by atoms with Crippen LogP contribution in [0.1, 0.15) is 114 Å². The highest BCUT2D eigenvalue weighted by Crippen LogP contribution is 2.74. The fraction of sp³-hybridized carbons (Fsp3) is 0.771. The van der Waals surface area contributed by atoms with Crippen LogP contribution in [0.5, 0.6) is 0 Å². The summed E-state index contributed by atoms with van der Waals surface area (Å²) in [6, 6.07) is 2.18. The van der Waals surface area contributed by atoms with E-state index in [0.29, 0.717) is 6.54 Å². The lowest BCUT2D eigenvalue weighted by atomic mass is 9.34. The van der Waals surface area contributed by atoms with Crippen molar-refractivity contribution >= 4 is 17.5 Å². The average molecular weight is 549 g/mol. The molecular formula is C35H52N2O3. The number of Topliss-reactive ketones (excluding diaryl/α,β-unsaturated/α-hetero) is 1. The second-order valence-electron chi connectivity index (χ2n) is 15.3. The number of carbonyl (C=O) groups excluding carboxylic acids is 3. The highest BCUT2D eigenvalue weighted by atomic mass is 16.2. The molecule has 0 aliphatic heterocycles. The number of hydrogen-bond acceptors (Lipinski definition) is 4. The number of nitriles is 1. The molecule has 3 unspecified atom stereocenters. The van der Waals surface area contributed by atoms with Crippen molar-refractivity contribution in [3.8, 4) is 6.07 Å². The predicted octanol–water partition coefficient (Wildman–Crippen LogP) is 7.37. The summed E-state index contributed by atoms with van der Waals surface area (Å²) in [7, 11) is 0. The molecule has 5 aliphatic rings. The number of ketones is 2. The summed E-state index contributed by atoms with van der Waals surface area (Å²) < 4.78 is 0. The fourth-order valence-corrected chi connectivity index (χ4v) is 10.4. The topological polar surface area (TPSA) is 87.0 Å². The average Bonchev–Trinajstić information content (AvgIpc) is 2.88. The first-order chi connectivity index (χ1) is 18.5. The number of nitrogens with one attached hydrogen (secondary N) is 1. The van der Waals surface area contributed by atoms with Crippen LogP contribution in [0.25, 0.3) is 0 Å². The van der Waals surface area contributed by atoms with Gasteiger partial charge >= 0.3 is 0 Å². The fourth-order valence-electron chi connectivity index (χ4n) is 10.4. The summed E-state index contributed by atoms with van der Waals surface area (Å²) in [5.41, 5.74) is -0.788. The zero-order valence-electron chi connectivity index (χ0n) is 26.7. The van der Waals surface area contributed by atoms with E-state index in [1.54, 1.807) is 0 Å². The van der Waals surface area contributed by atoms with E-state index < -0.39 is 16.2 Å². The molecule has 0 bridgehead atoms. The van der Waals surface area contributed by atoms with Crippen LogP contribution in [0.2, 0.25) is 0 Å². The molecule has 0 saturated heterocycles. The second kappa shape index (κ2) is 9.67. The molecular weight excluding hydrogens is 496 g/mol. The van der Waals surface area contributed by atoms with Crippen LogP contribution >= 0.6 is 0 Å². The van der Waals surface area contributed by atoms with Crippen LogP contribution < -0.4 is 5.32 Å². The van der Waals surface area contributed by atoms with Crippen LogP contribution in [-0.4, -0.2) is 24.0 Å². The molecule has 5 aliphatic carbocycles.